The number of ether oxygens (including phenoxy) is 1. The van der Waals surface area contributed by atoms with Crippen LogP contribution in [0.15, 0.2) is 48.5 Å². The van der Waals surface area contributed by atoms with Gasteiger partial charge in [-0.25, -0.2) is 14.2 Å². The maximum Gasteiger partial charge on any atom is 0.410 e. The van der Waals surface area contributed by atoms with E-state index in [1.165, 1.54) is 4.90 Å². The van der Waals surface area contributed by atoms with E-state index in [2.05, 4.69) is 10.3 Å². The van der Waals surface area contributed by atoms with Gasteiger partial charge in [-0.3, -0.25) is 4.79 Å². The summed E-state index contributed by atoms with van der Waals surface area (Å²) in [4.78, 5) is 29.9. The number of anilines is 1. The number of hydrogen-bond acceptors (Lipinski definition) is 5. The number of nitrogens with zero attached hydrogens (tertiary/aromatic N) is 2. The van der Waals surface area contributed by atoms with Crippen molar-refractivity contribution in [3.63, 3.8) is 0 Å². The van der Waals surface area contributed by atoms with Crippen LogP contribution in [-0.4, -0.2) is 47.1 Å². The lowest BCUT2D eigenvalue weighted by Gasteiger charge is -2.37. The summed E-state index contributed by atoms with van der Waals surface area (Å²) in [6.07, 6.45) is 0.538. The number of pyridine rings is 1. The summed E-state index contributed by atoms with van der Waals surface area (Å²) in [6.45, 7) is 6.44. The van der Waals surface area contributed by atoms with Gasteiger partial charge in [-0.2, -0.15) is 4.39 Å². The number of hydrogen-bond donors (Lipinski definition) is 2. The van der Waals surface area contributed by atoms with E-state index in [-0.39, 0.29) is 43.2 Å². The minimum Gasteiger partial charge on any atom is -0.444 e. The highest BCUT2D eigenvalue weighted by molar-refractivity contribution is 5.97. The highest BCUT2D eigenvalue weighted by Crippen LogP contribution is 2.39. The molecule has 2 amide bonds. The average molecular weight is 535 g/mol. The third-order valence-electron chi connectivity index (χ3n) is 7.27. The van der Waals surface area contributed by atoms with Crippen LogP contribution in [0.5, 0.6) is 0 Å². The van der Waals surface area contributed by atoms with E-state index in [1.807, 2.05) is 6.07 Å². The zero-order valence-electron chi connectivity index (χ0n) is 22.3. The molecule has 204 valence electrons. The molecule has 1 fully saturated rings. The summed E-state index contributed by atoms with van der Waals surface area (Å²) in [6, 6.07) is 13.7. The Morgan fingerprint density at radius 1 is 1.03 bits per heavy atom. The normalized spacial score (nSPS) is 16.8. The van der Waals surface area contributed by atoms with Crippen molar-refractivity contribution >= 4 is 17.8 Å². The van der Waals surface area contributed by atoms with Gasteiger partial charge in [0, 0.05) is 49.2 Å². The molecule has 0 spiro atoms. The SMILES string of the molecule is CC(C)(C)OC(=O)N1CCC(F)(c2ccc(-c3cc(-c4ccc5c(c4)CCNC5=O)c(N)nc3F)cc2)CC1. The van der Waals surface area contributed by atoms with Gasteiger partial charge in [0.15, 0.2) is 0 Å². The Kier molecular flexibility index (Phi) is 6.78. The second-order valence-electron chi connectivity index (χ2n) is 11.1. The minimum absolute atomic E-state index is 0.0486. The van der Waals surface area contributed by atoms with E-state index in [1.54, 1.807) is 63.2 Å². The third kappa shape index (κ3) is 5.44. The number of halogens is 2. The number of rotatable bonds is 3. The zero-order valence-corrected chi connectivity index (χ0v) is 22.3. The third-order valence-corrected chi connectivity index (χ3v) is 7.27. The summed E-state index contributed by atoms with van der Waals surface area (Å²) < 4.78 is 36.2. The van der Waals surface area contributed by atoms with E-state index in [0.717, 1.165) is 11.1 Å². The van der Waals surface area contributed by atoms with Gasteiger partial charge in [0.25, 0.3) is 5.91 Å². The first-order valence-electron chi connectivity index (χ1n) is 13.1. The Morgan fingerprint density at radius 3 is 2.36 bits per heavy atom. The van der Waals surface area contributed by atoms with Crippen LogP contribution in [0.25, 0.3) is 22.3 Å². The Bertz CT molecular complexity index is 1430. The summed E-state index contributed by atoms with van der Waals surface area (Å²) >= 11 is 0. The van der Waals surface area contributed by atoms with E-state index in [9.17, 15) is 14.0 Å². The first-order valence-corrected chi connectivity index (χ1v) is 13.1. The van der Waals surface area contributed by atoms with Crippen LogP contribution in [0.1, 0.15) is 55.1 Å². The van der Waals surface area contributed by atoms with Crippen LogP contribution in [0.4, 0.5) is 19.4 Å². The van der Waals surface area contributed by atoms with Gasteiger partial charge < -0.3 is 20.7 Å². The molecule has 0 atom stereocenters. The van der Waals surface area contributed by atoms with E-state index in [4.69, 9.17) is 10.5 Å². The number of benzene rings is 2. The van der Waals surface area contributed by atoms with Crippen LogP contribution in [-0.2, 0) is 16.8 Å². The molecule has 0 saturated carbocycles. The number of nitrogens with one attached hydrogen (secondary N) is 1. The van der Waals surface area contributed by atoms with Gasteiger partial charge in [0.2, 0.25) is 5.95 Å². The highest BCUT2D eigenvalue weighted by atomic mass is 19.1. The number of carbonyl (C=O) groups is 2. The Labute approximate surface area is 226 Å². The number of carbonyl (C=O) groups excluding carboxylic acids is 2. The number of nitrogen functional groups attached to an aromatic ring is 1. The Balaban J connectivity index is 1.36. The second-order valence-corrected chi connectivity index (χ2v) is 11.1. The molecule has 3 heterocycles. The van der Waals surface area contributed by atoms with Crippen molar-refractivity contribution in [1.82, 2.24) is 15.2 Å². The van der Waals surface area contributed by atoms with Crippen LogP contribution in [0.2, 0.25) is 0 Å². The fourth-order valence-electron chi connectivity index (χ4n) is 5.14. The van der Waals surface area contributed by atoms with Gasteiger partial charge >= 0.3 is 6.09 Å². The van der Waals surface area contributed by atoms with E-state index in [0.29, 0.717) is 35.2 Å². The van der Waals surface area contributed by atoms with Gasteiger partial charge in [0.1, 0.15) is 17.1 Å². The van der Waals surface area contributed by atoms with Crippen LogP contribution < -0.4 is 11.1 Å². The van der Waals surface area contributed by atoms with Crippen molar-refractivity contribution in [3.05, 3.63) is 71.2 Å². The van der Waals surface area contributed by atoms with Crippen LogP contribution in [0.3, 0.4) is 0 Å². The van der Waals surface area contributed by atoms with Crippen molar-refractivity contribution in [2.24, 2.45) is 0 Å². The van der Waals surface area contributed by atoms with Crippen molar-refractivity contribution < 1.29 is 23.1 Å². The Hall–Kier alpha value is -4.01. The average Bonchev–Trinajstić information content (AvgIpc) is 2.88. The summed E-state index contributed by atoms with van der Waals surface area (Å²) in [5, 5.41) is 2.82. The van der Waals surface area contributed by atoms with Gasteiger partial charge in [0.05, 0.1) is 0 Å². The smallest absolute Gasteiger partial charge is 0.410 e. The lowest BCUT2D eigenvalue weighted by molar-refractivity contribution is 0.00219. The molecule has 3 N–H and O–H groups in total. The van der Waals surface area contributed by atoms with Crippen LogP contribution >= 0.6 is 0 Å². The standard InChI is InChI=1S/C30H32F2N4O3/c1-29(2,3)39-28(38)36-14-11-30(32,12-15-36)21-7-4-18(5-8-21)23-17-24(26(33)35-25(23)31)19-6-9-22-20(16-19)10-13-34-27(22)37/h4-9,16-17H,10-15H2,1-3H3,(H2,33,35)(H,34,37). The first kappa shape index (κ1) is 26.6. The summed E-state index contributed by atoms with van der Waals surface area (Å²) in [5.74, 6) is -0.788. The number of fused-ring (bicyclic) bond motifs is 1. The number of nitrogens with two attached hydrogens (primary N) is 1. The monoisotopic (exact) mass is 534 g/mol. The molecule has 0 aliphatic carbocycles. The predicted octanol–water partition coefficient (Wildman–Crippen LogP) is 5.62. The molecular weight excluding hydrogens is 502 g/mol. The number of aromatic nitrogens is 1. The zero-order chi connectivity index (χ0) is 27.9. The number of piperidine rings is 1. The fraction of sp³-hybridized carbons (Fsp3) is 0.367. The largest absolute Gasteiger partial charge is 0.444 e. The highest BCUT2D eigenvalue weighted by Gasteiger charge is 2.38. The van der Waals surface area contributed by atoms with E-state index >= 15 is 4.39 Å². The molecule has 3 aromatic rings. The number of likely N-dealkylation sites (tertiary alicyclic amines) is 1. The minimum atomic E-state index is -1.60. The second kappa shape index (κ2) is 9.94. The van der Waals surface area contributed by atoms with Crippen molar-refractivity contribution in [1.29, 1.82) is 0 Å². The molecule has 1 aromatic heterocycles. The maximum atomic E-state index is 15.9. The quantitative estimate of drug-likeness (QED) is 0.425. The van der Waals surface area contributed by atoms with Gasteiger partial charge in [-0.1, -0.05) is 36.4 Å². The molecule has 5 rings (SSSR count). The van der Waals surface area contributed by atoms with Crippen molar-refractivity contribution in [2.75, 3.05) is 25.4 Å². The molecule has 7 nitrogen and oxygen atoms in total. The molecule has 0 unspecified atom stereocenters. The summed E-state index contributed by atoms with van der Waals surface area (Å²) in [7, 11) is 0. The molecule has 2 aliphatic heterocycles. The lowest BCUT2D eigenvalue weighted by Crippen LogP contribution is -2.45. The van der Waals surface area contributed by atoms with Gasteiger partial charge in [-0.05, 0) is 61.6 Å². The van der Waals surface area contributed by atoms with Gasteiger partial charge in [-0.15, -0.1) is 0 Å². The first-order chi connectivity index (χ1) is 18.4. The molecule has 2 aliphatic rings. The predicted molar refractivity (Wildman–Crippen MR) is 145 cm³/mol. The molecular formula is C30H32F2N4O3. The number of amides is 2. The number of alkyl halides is 1. The molecule has 9 heteroatoms. The molecule has 0 radical (unpaired) electrons. The fourth-order valence-corrected chi connectivity index (χ4v) is 5.14. The van der Waals surface area contributed by atoms with Crippen molar-refractivity contribution in [2.45, 2.75) is 51.3 Å². The molecule has 39 heavy (non-hydrogen) atoms. The molecule has 0 bridgehead atoms. The maximum absolute atomic E-state index is 15.9. The van der Waals surface area contributed by atoms with Crippen molar-refractivity contribution in [3.8, 4) is 22.3 Å². The Morgan fingerprint density at radius 2 is 1.69 bits per heavy atom. The molecule has 1 saturated heterocycles. The lowest BCUT2D eigenvalue weighted by atomic mass is 9.85. The van der Waals surface area contributed by atoms with Crippen LogP contribution in [0, 0.1) is 5.95 Å². The topological polar surface area (TPSA) is 97.5 Å². The molecule has 2 aromatic carbocycles. The van der Waals surface area contributed by atoms with E-state index < -0.39 is 23.3 Å². The summed E-state index contributed by atoms with van der Waals surface area (Å²) in [5.41, 5.74) is 7.96.